The highest BCUT2D eigenvalue weighted by atomic mass is 16.5. The first kappa shape index (κ1) is 20.9. The van der Waals surface area contributed by atoms with Gasteiger partial charge in [0.2, 0.25) is 0 Å². The molecule has 6 heteroatoms. The highest BCUT2D eigenvalue weighted by Gasteiger charge is 2.29. The van der Waals surface area contributed by atoms with Crippen molar-refractivity contribution >= 4 is 5.78 Å². The molecule has 1 saturated heterocycles. The first-order valence-corrected chi connectivity index (χ1v) is 11.0. The molecular formula is C24H33N3O3. The summed E-state index contributed by atoms with van der Waals surface area (Å²) in [5, 5.41) is 0. The van der Waals surface area contributed by atoms with Gasteiger partial charge in [-0.1, -0.05) is 0 Å². The Morgan fingerprint density at radius 1 is 1.00 bits per heavy atom. The SMILES string of the molecule is COc1ccc(OCCN2CCN(CC(=O)c3cc(C)n(C4CC4)c3C)CC2)cc1. The van der Waals surface area contributed by atoms with Crippen molar-refractivity contribution in [1.82, 2.24) is 14.4 Å². The zero-order valence-electron chi connectivity index (χ0n) is 18.4. The van der Waals surface area contributed by atoms with E-state index in [1.54, 1.807) is 7.11 Å². The maximum atomic E-state index is 12.9. The molecule has 0 spiro atoms. The number of carbonyl (C=O) groups is 1. The normalized spacial score (nSPS) is 17.8. The Morgan fingerprint density at radius 2 is 1.63 bits per heavy atom. The van der Waals surface area contributed by atoms with Crippen molar-refractivity contribution in [3.8, 4) is 11.5 Å². The second-order valence-corrected chi connectivity index (χ2v) is 8.45. The zero-order valence-corrected chi connectivity index (χ0v) is 18.4. The van der Waals surface area contributed by atoms with Crippen LogP contribution in [0.2, 0.25) is 0 Å². The van der Waals surface area contributed by atoms with Gasteiger partial charge in [0.1, 0.15) is 18.1 Å². The molecule has 0 atom stereocenters. The van der Waals surface area contributed by atoms with Crippen molar-refractivity contribution in [2.75, 3.05) is 53.0 Å². The van der Waals surface area contributed by atoms with Crippen LogP contribution in [-0.2, 0) is 0 Å². The van der Waals surface area contributed by atoms with Gasteiger partial charge >= 0.3 is 0 Å². The quantitative estimate of drug-likeness (QED) is 0.593. The number of nitrogens with zero attached hydrogens (tertiary/aromatic N) is 3. The molecule has 2 fully saturated rings. The Morgan fingerprint density at radius 3 is 2.27 bits per heavy atom. The zero-order chi connectivity index (χ0) is 21.1. The summed E-state index contributed by atoms with van der Waals surface area (Å²) in [7, 11) is 1.66. The van der Waals surface area contributed by atoms with E-state index in [4.69, 9.17) is 9.47 Å². The topological polar surface area (TPSA) is 46.9 Å². The van der Waals surface area contributed by atoms with Crippen LogP contribution in [-0.4, -0.2) is 73.1 Å². The Hall–Kier alpha value is -2.31. The van der Waals surface area contributed by atoms with Gasteiger partial charge in [0.15, 0.2) is 5.78 Å². The van der Waals surface area contributed by atoms with Crippen LogP contribution in [0.5, 0.6) is 11.5 Å². The fourth-order valence-electron chi connectivity index (χ4n) is 4.38. The number of ether oxygens (including phenoxy) is 2. The van der Waals surface area contributed by atoms with Crippen molar-refractivity contribution in [3.05, 3.63) is 47.3 Å². The molecule has 1 aliphatic carbocycles. The highest BCUT2D eigenvalue weighted by molar-refractivity contribution is 5.99. The molecule has 2 aliphatic rings. The minimum Gasteiger partial charge on any atom is -0.497 e. The number of rotatable bonds is 9. The van der Waals surface area contributed by atoms with Crippen molar-refractivity contribution in [2.24, 2.45) is 0 Å². The second kappa shape index (κ2) is 9.23. The first-order valence-electron chi connectivity index (χ1n) is 11.0. The number of aromatic nitrogens is 1. The number of benzene rings is 1. The van der Waals surface area contributed by atoms with Crippen LogP contribution in [0.25, 0.3) is 0 Å². The summed E-state index contributed by atoms with van der Waals surface area (Å²) in [5.74, 6) is 1.96. The first-order chi connectivity index (χ1) is 14.5. The minimum atomic E-state index is 0.256. The number of aryl methyl sites for hydroxylation is 1. The maximum Gasteiger partial charge on any atom is 0.178 e. The number of carbonyl (C=O) groups excluding carboxylic acids is 1. The third-order valence-electron chi connectivity index (χ3n) is 6.26. The largest absolute Gasteiger partial charge is 0.497 e. The van der Waals surface area contributed by atoms with Crippen molar-refractivity contribution in [1.29, 1.82) is 0 Å². The van der Waals surface area contributed by atoms with Gasteiger partial charge in [-0.05, 0) is 57.0 Å². The molecule has 0 amide bonds. The van der Waals surface area contributed by atoms with Crippen LogP contribution in [0.15, 0.2) is 30.3 Å². The van der Waals surface area contributed by atoms with Crippen LogP contribution in [0.4, 0.5) is 0 Å². The fourth-order valence-corrected chi connectivity index (χ4v) is 4.38. The summed E-state index contributed by atoms with van der Waals surface area (Å²) in [6, 6.07) is 10.4. The standard InChI is InChI=1S/C24H33N3O3/c1-18-16-23(19(2)27(18)20-4-5-20)24(28)17-26-12-10-25(11-13-26)14-15-30-22-8-6-21(29-3)7-9-22/h6-9,16,20H,4-5,10-15,17H2,1-3H3. The van der Waals surface area contributed by atoms with Gasteiger partial charge in [0, 0.05) is 55.7 Å². The molecule has 4 rings (SSSR count). The van der Waals surface area contributed by atoms with Gasteiger partial charge in [-0.25, -0.2) is 0 Å². The molecule has 2 heterocycles. The lowest BCUT2D eigenvalue weighted by atomic mass is 10.1. The third-order valence-corrected chi connectivity index (χ3v) is 6.26. The number of methoxy groups -OCH3 is 1. The van der Waals surface area contributed by atoms with E-state index in [2.05, 4.69) is 34.3 Å². The van der Waals surface area contributed by atoms with Gasteiger partial charge in [-0.3, -0.25) is 14.6 Å². The number of hydrogen-bond acceptors (Lipinski definition) is 5. The Bertz CT molecular complexity index is 863. The van der Waals surface area contributed by atoms with E-state index >= 15 is 0 Å². The van der Waals surface area contributed by atoms with Crippen LogP contribution >= 0.6 is 0 Å². The predicted molar refractivity (Wildman–Crippen MR) is 118 cm³/mol. The molecule has 0 N–H and O–H groups in total. The maximum absolute atomic E-state index is 12.9. The van der Waals surface area contributed by atoms with E-state index in [-0.39, 0.29) is 5.78 Å². The van der Waals surface area contributed by atoms with E-state index in [0.717, 1.165) is 55.5 Å². The van der Waals surface area contributed by atoms with Crippen LogP contribution in [0.3, 0.4) is 0 Å². The molecular weight excluding hydrogens is 378 g/mol. The monoisotopic (exact) mass is 411 g/mol. The van der Waals surface area contributed by atoms with Gasteiger partial charge in [-0.15, -0.1) is 0 Å². The number of piperazine rings is 1. The number of Topliss-reactive ketones (excluding diaryl/α,β-unsaturated/α-hetero) is 1. The predicted octanol–water partition coefficient (Wildman–Crippen LogP) is 3.33. The fraction of sp³-hybridized carbons (Fsp3) is 0.542. The van der Waals surface area contributed by atoms with Crippen molar-refractivity contribution < 1.29 is 14.3 Å². The van der Waals surface area contributed by atoms with Gasteiger partial charge in [0.05, 0.1) is 13.7 Å². The lowest BCUT2D eigenvalue weighted by Gasteiger charge is -2.34. The van der Waals surface area contributed by atoms with Crippen LogP contribution in [0, 0.1) is 13.8 Å². The average Bonchev–Trinajstić information content (AvgIpc) is 3.54. The van der Waals surface area contributed by atoms with E-state index in [0.29, 0.717) is 19.2 Å². The molecule has 30 heavy (non-hydrogen) atoms. The molecule has 1 aromatic heterocycles. The van der Waals surface area contributed by atoms with Crippen molar-refractivity contribution in [3.63, 3.8) is 0 Å². The molecule has 2 aromatic rings. The summed E-state index contributed by atoms with van der Waals surface area (Å²) >= 11 is 0. The van der Waals surface area contributed by atoms with Gasteiger partial charge < -0.3 is 14.0 Å². The molecule has 162 valence electrons. The average molecular weight is 412 g/mol. The van der Waals surface area contributed by atoms with E-state index in [1.807, 2.05) is 24.3 Å². The minimum absolute atomic E-state index is 0.256. The van der Waals surface area contributed by atoms with E-state index < -0.39 is 0 Å². The molecule has 1 aliphatic heterocycles. The second-order valence-electron chi connectivity index (χ2n) is 8.45. The van der Waals surface area contributed by atoms with Gasteiger partial charge in [-0.2, -0.15) is 0 Å². The Kier molecular flexibility index (Phi) is 6.44. The lowest BCUT2D eigenvalue weighted by molar-refractivity contribution is 0.0830. The summed E-state index contributed by atoms with van der Waals surface area (Å²) in [5.41, 5.74) is 3.28. The summed E-state index contributed by atoms with van der Waals surface area (Å²) in [4.78, 5) is 17.6. The molecule has 6 nitrogen and oxygen atoms in total. The number of ketones is 1. The summed E-state index contributed by atoms with van der Waals surface area (Å²) in [6.07, 6.45) is 2.49. The Labute approximate surface area is 179 Å². The lowest BCUT2D eigenvalue weighted by Crippen LogP contribution is -2.48. The molecule has 0 unspecified atom stereocenters. The van der Waals surface area contributed by atoms with Crippen molar-refractivity contribution in [2.45, 2.75) is 32.7 Å². The highest BCUT2D eigenvalue weighted by Crippen LogP contribution is 2.38. The Balaban J connectivity index is 1.20. The van der Waals surface area contributed by atoms with Gasteiger partial charge in [0.25, 0.3) is 0 Å². The van der Waals surface area contributed by atoms with Crippen LogP contribution in [0.1, 0.15) is 40.6 Å². The molecule has 0 radical (unpaired) electrons. The smallest absolute Gasteiger partial charge is 0.178 e. The van der Waals surface area contributed by atoms with E-state index in [9.17, 15) is 4.79 Å². The molecule has 1 saturated carbocycles. The summed E-state index contributed by atoms with van der Waals surface area (Å²) < 4.78 is 13.4. The molecule has 0 bridgehead atoms. The summed E-state index contributed by atoms with van der Waals surface area (Å²) in [6.45, 7) is 10.1. The van der Waals surface area contributed by atoms with E-state index in [1.165, 1.54) is 18.5 Å². The molecule has 1 aromatic carbocycles. The number of hydrogen-bond donors (Lipinski definition) is 0. The third kappa shape index (κ3) is 4.87. The van der Waals surface area contributed by atoms with Crippen LogP contribution < -0.4 is 9.47 Å².